The molecular formula is C23H22ClFN6S. The van der Waals surface area contributed by atoms with Crippen molar-refractivity contribution in [1.29, 1.82) is 0 Å². The van der Waals surface area contributed by atoms with E-state index in [0.29, 0.717) is 28.8 Å². The number of aromatic nitrogens is 4. The van der Waals surface area contributed by atoms with E-state index in [-0.39, 0.29) is 5.82 Å². The number of aryl methyl sites for hydroxylation is 1. The largest absolute Gasteiger partial charge is 0.330 e. The van der Waals surface area contributed by atoms with Crippen molar-refractivity contribution in [2.24, 2.45) is 0 Å². The average Bonchev–Trinajstić information content (AvgIpc) is 3.30. The highest BCUT2D eigenvalue weighted by Gasteiger charge is 2.14. The van der Waals surface area contributed by atoms with Crippen molar-refractivity contribution in [2.75, 3.05) is 10.6 Å². The molecule has 2 N–H and O–H groups in total. The Kier molecular flexibility index (Phi) is 6.53. The molecule has 0 aliphatic heterocycles. The van der Waals surface area contributed by atoms with Crippen LogP contribution in [0.25, 0.3) is 0 Å². The summed E-state index contributed by atoms with van der Waals surface area (Å²) in [5, 5.41) is 16.4. The van der Waals surface area contributed by atoms with Gasteiger partial charge in [-0.25, -0.2) is 4.39 Å². The molecule has 0 aliphatic rings. The average molecular weight is 469 g/mol. The molecule has 2 aromatic heterocycles. The molecular weight excluding hydrogens is 447 g/mol. The van der Waals surface area contributed by atoms with Crippen LogP contribution in [-0.4, -0.2) is 24.7 Å². The zero-order valence-electron chi connectivity index (χ0n) is 17.6. The van der Waals surface area contributed by atoms with Gasteiger partial charge in [-0.1, -0.05) is 48.0 Å². The molecule has 4 rings (SSSR count). The van der Waals surface area contributed by atoms with E-state index in [9.17, 15) is 4.39 Å². The highest BCUT2D eigenvalue weighted by atomic mass is 35.5. The minimum atomic E-state index is -0.249. The van der Waals surface area contributed by atoms with E-state index in [0.717, 1.165) is 28.3 Å². The van der Waals surface area contributed by atoms with Gasteiger partial charge in [-0.15, -0.1) is 0 Å². The van der Waals surface area contributed by atoms with Crippen LogP contribution in [0.5, 0.6) is 0 Å². The SMILES string of the molecule is Cc1nn(Cc2ccccc2F)c(C)c1NC(=S)Nc1cnn(Cc2ccccc2Cl)c1. The van der Waals surface area contributed by atoms with Crippen molar-refractivity contribution >= 4 is 40.3 Å². The fraction of sp³-hybridized carbons (Fsp3) is 0.174. The van der Waals surface area contributed by atoms with Crippen molar-refractivity contribution in [3.05, 3.63) is 94.3 Å². The van der Waals surface area contributed by atoms with Gasteiger partial charge in [-0.3, -0.25) is 9.36 Å². The second-order valence-corrected chi connectivity index (χ2v) is 8.21. The maximum absolute atomic E-state index is 14.0. The van der Waals surface area contributed by atoms with E-state index >= 15 is 0 Å². The van der Waals surface area contributed by atoms with Crippen LogP contribution in [0.1, 0.15) is 22.5 Å². The molecule has 0 bridgehead atoms. The van der Waals surface area contributed by atoms with Gasteiger partial charge in [0.1, 0.15) is 5.82 Å². The van der Waals surface area contributed by atoms with Gasteiger partial charge in [-0.2, -0.15) is 10.2 Å². The number of hydrogen-bond acceptors (Lipinski definition) is 3. The Morgan fingerprint density at radius 3 is 2.50 bits per heavy atom. The third-order valence-corrected chi connectivity index (χ3v) is 5.65. The summed E-state index contributed by atoms with van der Waals surface area (Å²) in [5.41, 5.74) is 4.75. The Morgan fingerprint density at radius 1 is 1.03 bits per heavy atom. The van der Waals surface area contributed by atoms with Gasteiger partial charge in [0, 0.05) is 16.8 Å². The lowest BCUT2D eigenvalue weighted by Crippen LogP contribution is -2.19. The molecule has 164 valence electrons. The summed E-state index contributed by atoms with van der Waals surface area (Å²) < 4.78 is 17.6. The zero-order valence-corrected chi connectivity index (χ0v) is 19.2. The first-order valence-electron chi connectivity index (χ1n) is 10.0. The van der Waals surface area contributed by atoms with Crippen LogP contribution >= 0.6 is 23.8 Å². The van der Waals surface area contributed by atoms with Crippen LogP contribution in [0.15, 0.2) is 60.9 Å². The number of halogens is 2. The molecule has 0 fully saturated rings. The third-order valence-electron chi connectivity index (χ3n) is 5.08. The van der Waals surface area contributed by atoms with Crippen molar-refractivity contribution < 1.29 is 4.39 Å². The van der Waals surface area contributed by atoms with Gasteiger partial charge >= 0.3 is 0 Å². The Balaban J connectivity index is 1.41. The lowest BCUT2D eigenvalue weighted by Gasteiger charge is -2.10. The summed E-state index contributed by atoms with van der Waals surface area (Å²) in [6.45, 7) is 4.71. The number of thiocarbonyl (C=S) groups is 1. The van der Waals surface area contributed by atoms with Crippen LogP contribution in [0, 0.1) is 19.7 Å². The summed E-state index contributed by atoms with van der Waals surface area (Å²) in [6.07, 6.45) is 3.56. The molecule has 2 heterocycles. The first kappa shape index (κ1) is 22.0. The second-order valence-electron chi connectivity index (χ2n) is 7.39. The summed E-state index contributed by atoms with van der Waals surface area (Å²) in [7, 11) is 0. The van der Waals surface area contributed by atoms with Crippen LogP contribution in [-0.2, 0) is 13.1 Å². The third kappa shape index (κ3) is 4.98. The Labute approximate surface area is 196 Å². The molecule has 6 nitrogen and oxygen atoms in total. The van der Waals surface area contributed by atoms with E-state index in [1.807, 2.05) is 50.4 Å². The predicted octanol–water partition coefficient (Wildman–Crippen LogP) is 5.39. The fourth-order valence-electron chi connectivity index (χ4n) is 3.41. The first-order chi connectivity index (χ1) is 15.4. The predicted molar refractivity (Wildman–Crippen MR) is 130 cm³/mol. The quantitative estimate of drug-likeness (QED) is 0.371. The number of benzene rings is 2. The summed E-state index contributed by atoms with van der Waals surface area (Å²) in [6, 6.07) is 14.4. The maximum Gasteiger partial charge on any atom is 0.175 e. The monoisotopic (exact) mass is 468 g/mol. The van der Waals surface area contributed by atoms with E-state index < -0.39 is 0 Å². The van der Waals surface area contributed by atoms with Gasteiger partial charge in [-0.05, 0) is 43.8 Å². The highest BCUT2D eigenvalue weighted by Crippen LogP contribution is 2.22. The molecule has 9 heteroatoms. The normalized spacial score (nSPS) is 10.9. The van der Waals surface area contributed by atoms with Gasteiger partial charge in [0.2, 0.25) is 0 Å². The molecule has 0 amide bonds. The van der Waals surface area contributed by atoms with Crippen LogP contribution < -0.4 is 10.6 Å². The highest BCUT2D eigenvalue weighted by molar-refractivity contribution is 7.80. The lowest BCUT2D eigenvalue weighted by molar-refractivity contribution is 0.579. The van der Waals surface area contributed by atoms with Crippen molar-refractivity contribution in [3.8, 4) is 0 Å². The van der Waals surface area contributed by atoms with Crippen LogP contribution in [0.4, 0.5) is 15.8 Å². The molecule has 32 heavy (non-hydrogen) atoms. The number of nitrogens with one attached hydrogen (secondary N) is 2. The number of hydrogen-bond donors (Lipinski definition) is 2. The molecule has 0 spiro atoms. The molecule has 0 radical (unpaired) electrons. The van der Waals surface area contributed by atoms with Gasteiger partial charge in [0.15, 0.2) is 5.11 Å². The molecule has 0 unspecified atom stereocenters. The minimum absolute atomic E-state index is 0.249. The standard InChI is InChI=1S/C23H22ClFN6S/c1-15-22(16(2)31(29-15)13-18-8-4-6-10-21(18)25)28-23(32)27-19-11-26-30(14-19)12-17-7-3-5-9-20(17)24/h3-11,14H,12-13H2,1-2H3,(H2,27,28,32). The molecule has 0 aliphatic carbocycles. The Bertz CT molecular complexity index is 1270. The van der Waals surface area contributed by atoms with Crippen molar-refractivity contribution in [3.63, 3.8) is 0 Å². The molecule has 0 saturated carbocycles. The summed E-state index contributed by atoms with van der Waals surface area (Å²) in [4.78, 5) is 0. The van der Waals surface area contributed by atoms with E-state index in [1.165, 1.54) is 6.07 Å². The summed E-state index contributed by atoms with van der Waals surface area (Å²) in [5.74, 6) is -0.249. The Morgan fingerprint density at radius 2 is 1.75 bits per heavy atom. The topological polar surface area (TPSA) is 59.7 Å². The van der Waals surface area contributed by atoms with E-state index in [1.54, 1.807) is 27.7 Å². The maximum atomic E-state index is 14.0. The second kappa shape index (κ2) is 9.50. The van der Waals surface area contributed by atoms with Crippen LogP contribution in [0.2, 0.25) is 5.02 Å². The Hall–Kier alpha value is -3.23. The first-order valence-corrected chi connectivity index (χ1v) is 10.8. The summed E-state index contributed by atoms with van der Waals surface area (Å²) >= 11 is 11.7. The zero-order chi connectivity index (χ0) is 22.7. The molecule has 4 aromatic rings. The van der Waals surface area contributed by atoms with Crippen molar-refractivity contribution in [2.45, 2.75) is 26.9 Å². The molecule has 0 atom stereocenters. The van der Waals surface area contributed by atoms with E-state index in [4.69, 9.17) is 23.8 Å². The lowest BCUT2D eigenvalue weighted by atomic mass is 10.2. The minimum Gasteiger partial charge on any atom is -0.330 e. The van der Waals surface area contributed by atoms with Crippen LogP contribution in [0.3, 0.4) is 0 Å². The fourth-order valence-corrected chi connectivity index (χ4v) is 3.83. The molecule has 2 aromatic carbocycles. The number of nitrogens with zero attached hydrogens (tertiary/aromatic N) is 4. The van der Waals surface area contributed by atoms with E-state index in [2.05, 4.69) is 20.8 Å². The molecule has 0 saturated heterocycles. The smallest absolute Gasteiger partial charge is 0.175 e. The number of rotatable bonds is 6. The number of anilines is 2. The van der Waals surface area contributed by atoms with Gasteiger partial charge in [0.05, 0.1) is 42.0 Å². The van der Waals surface area contributed by atoms with Gasteiger partial charge < -0.3 is 10.6 Å². The van der Waals surface area contributed by atoms with Gasteiger partial charge in [0.25, 0.3) is 0 Å². The van der Waals surface area contributed by atoms with Crippen molar-refractivity contribution in [1.82, 2.24) is 19.6 Å².